The minimum atomic E-state index is -4.09. The van der Waals surface area contributed by atoms with E-state index in [0.29, 0.717) is 27.5 Å². The molecule has 11 nitrogen and oxygen atoms in total. The standard InChI is InChI=1S/C15H15NO5S2.C15H15NO4S2/c1-21-12-6-3-10(4-7-12)15(17)11-5-8-13(22(2)18)14(9-11)23(16,19)20;1-20-12-6-3-10(4-7-12)15(17)11-5-8-13(21-2)14(9-11)22(16,18)19/h3-9H,1-2H3,(H2,16,19,20);3-9H,1-2H3,(H2,16,18,19). The van der Waals surface area contributed by atoms with Crippen LogP contribution in [0.3, 0.4) is 0 Å². The highest BCUT2D eigenvalue weighted by Gasteiger charge is 2.20. The maximum absolute atomic E-state index is 12.5. The Balaban J connectivity index is 0.000000246. The molecule has 0 aliphatic rings. The Morgan fingerprint density at radius 2 is 1.02 bits per heavy atom. The molecule has 4 aromatic carbocycles. The molecule has 0 saturated heterocycles. The zero-order valence-electron chi connectivity index (χ0n) is 24.5. The number of primary sulfonamides is 2. The van der Waals surface area contributed by atoms with Gasteiger partial charge in [-0.2, -0.15) is 0 Å². The van der Waals surface area contributed by atoms with E-state index in [9.17, 15) is 30.6 Å². The van der Waals surface area contributed by atoms with Crippen molar-refractivity contribution in [1.82, 2.24) is 0 Å². The fraction of sp³-hybridized carbons (Fsp3) is 0.133. The van der Waals surface area contributed by atoms with Crippen molar-refractivity contribution in [2.75, 3.05) is 26.7 Å². The van der Waals surface area contributed by atoms with Crippen LogP contribution >= 0.6 is 11.8 Å². The van der Waals surface area contributed by atoms with Gasteiger partial charge in [0.25, 0.3) is 0 Å². The van der Waals surface area contributed by atoms with Crippen molar-refractivity contribution >= 4 is 54.2 Å². The summed E-state index contributed by atoms with van der Waals surface area (Å²) in [5.74, 6) is 0.592. The molecule has 4 N–H and O–H groups in total. The predicted molar refractivity (Wildman–Crippen MR) is 173 cm³/mol. The Labute approximate surface area is 268 Å². The van der Waals surface area contributed by atoms with Gasteiger partial charge >= 0.3 is 0 Å². The van der Waals surface area contributed by atoms with Crippen LogP contribution in [0.25, 0.3) is 0 Å². The molecule has 0 amide bonds. The molecule has 0 radical (unpaired) electrons. The van der Waals surface area contributed by atoms with E-state index in [1.54, 1.807) is 66.9 Å². The summed E-state index contributed by atoms with van der Waals surface area (Å²) in [5, 5.41) is 10.4. The molecule has 0 bridgehead atoms. The van der Waals surface area contributed by atoms with Crippen LogP contribution in [0.5, 0.6) is 11.5 Å². The van der Waals surface area contributed by atoms with Crippen LogP contribution in [-0.4, -0.2) is 59.3 Å². The first-order valence-electron chi connectivity index (χ1n) is 12.7. The summed E-state index contributed by atoms with van der Waals surface area (Å²) in [4.78, 5) is 25.1. The number of sulfonamides is 2. The van der Waals surface area contributed by atoms with Crippen LogP contribution in [0.1, 0.15) is 31.8 Å². The number of carbonyl (C=O) groups is 2. The molecule has 1 atom stereocenters. The largest absolute Gasteiger partial charge is 0.497 e. The fourth-order valence-electron chi connectivity index (χ4n) is 3.97. The lowest BCUT2D eigenvalue weighted by Crippen LogP contribution is -2.16. The molecule has 0 aliphatic carbocycles. The Morgan fingerprint density at radius 1 is 0.644 bits per heavy atom. The van der Waals surface area contributed by atoms with Gasteiger partial charge in [0, 0.05) is 33.4 Å². The van der Waals surface area contributed by atoms with Gasteiger partial charge < -0.3 is 9.47 Å². The molecule has 15 heteroatoms. The van der Waals surface area contributed by atoms with Gasteiger partial charge in [0.15, 0.2) is 11.6 Å². The molecule has 4 rings (SSSR count). The third-order valence-electron chi connectivity index (χ3n) is 6.26. The van der Waals surface area contributed by atoms with Crippen LogP contribution in [0, 0.1) is 0 Å². The van der Waals surface area contributed by atoms with Crippen LogP contribution in [-0.2, 0) is 30.8 Å². The summed E-state index contributed by atoms with van der Waals surface area (Å²) >= 11 is 1.26. The zero-order chi connectivity index (χ0) is 33.5. The molecule has 4 aromatic rings. The maximum atomic E-state index is 12.5. The number of benzene rings is 4. The topological polar surface area (TPSA) is 190 Å². The van der Waals surface area contributed by atoms with E-state index in [4.69, 9.17) is 19.8 Å². The first-order valence-corrected chi connectivity index (χ1v) is 18.6. The molecule has 1 unspecified atom stereocenters. The van der Waals surface area contributed by atoms with E-state index >= 15 is 0 Å². The molecule has 45 heavy (non-hydrogen) atoms. The van der Waals surface area contributed by atoms with Gasteiger partial charge in [-0.05, 0) is 91.2 Å². The van der Waals surface area contributed by atoms with Crippen molar-refractivity contribution in [2.24, 2.45) is 10.3 Å². The van der Waals surface area contributed by atoms with Crippen molar-refractivity contribution in [1.29, 1.82) is 0 Å². The predicted octanol–water partition coefficient (Wildman–Crippen LogP) is 3.61. The van der Waals surface area contributed by atoms with Crippen LogP contribution in [0.15, 0.2) is 105 Å². The van der Waals surface area contributed by atoms with E-state index in [2.05, 4.69) is 0 Å². The van der Waals surface area contributed by atoms with Crippen molar-refractivity contribution in [3.8, 4) is 11.5 Å². The highest BCUT2D eigenvalue weighted by molar-refractivity contribution is 7.99. The van der Waals surface area contributed by atoms with Crippen molar-refractivity contribution in [3.63, 3.8) is 0 Å². The number of thioether (sulfide) groups is 1. The van der Waals surface area contributed by atoms with Gasteiger partial charge in [-0.15, -0.1) is 11.8 Å². The average Bonchev–Trinajstić information content (AvgIpc) is 3.03. The van der Waals surface area contributed by atoms with Gasteiger partial charge in [-0.25, -0.2) is 27.1 Å². The van der Waals surface area contributed by atoms with Gasteiger partial charge in [0.1, 0.15) is 11.5 Å². The summed E-state index contributed by atoms with van der Waals surface area (Å²) in [7, 11) is -6.47. The number of rotatable bonds is 10. The Hall–Kier alpha value is -3.86. The number of hydrogen-bond donors (Lipinski definition) is 2. The molecule has 0 aliphatic heterocycles. The summed E-state index contributed by atoms with van der Waals surface area (Å²) < 4.78 is 68.3. The molecule has 0 fully saturated rings. The second kappa shape index (κ2) is 14.9. The number of hydrogen-bond acceptors (Lipinski definition) is 10. The molecule has 0 aromatic heterocycles. The monoisotopic (exact) mass is 690 g/mol. The zero-order valence-corrected chi connectivity index (χ0v) is 27.8. The first-order chi connectivity index (χ1) is 21.1. The second-order valence-electron chi connectivity index (χ2n) is 9.19. The summed E-state index contributed by atoms with van der Waals surface area (Å²) in [5.41, 5.74) is 1.23. The van der Waals surface area contributed by atoms with E-state index < -0.39 is 30.8 Å². The minimum absolute atomic E-state index is 0.0423. The summed E-state index contributed by atoms with van der Waals surface area (Å²) in [6.07, 6.45) is 3.09. The molecular weight excluding hydrogens is 661 g/mol. The van der Waals surface area contributed by atoms with Crippen LogP contribution in [0.4, 0.5) is 0 Å². The number of ether oxygens (including phenoxy) is 2. The van der Waals surface area contributed by atoms with Gasteiger partial charge in [-0.3, -0.25) is 13.8 Å². The third-order valence-corrected chi connectivity index (χ3v) is 10.2. The molecule has 0 spiro atoms. The summed E-state index contributed by atoms with van der Waals surface area (Å²) in [6.45, 7) is 0. The normalized spacial score (nSPS) is 12.0. The van der Waals surface area contributed by atoms with Gasteiger partial charge in [0.05, 0.1) is 39.7 Å². The molecular formula is C30H30N2O9S4. The molecule has 238 valence electrons. The van der Waals surface area contributed by atoms with Gasteiger partial charge in [0.2, 0.25) is 20.0 Å². The molecule has 0 saturated carbocycles. The Morgan fingerprint density at radius 3 is 1.38 bits per heavy atom. The smallest absolute Gasteiger partial charge is 0.239 e. The number of carbonyl (C=O) groups excluding carboxylic acids is 2. The first kappa shape index (κ1) is 35.6. The Kier molecular flexibility index (Phi) is 11.8. The van der Waals surface area contributed by atoms with E-state index in [1.807, 2.05) is 0 Å². The highest BCUT2D eigenvalue weighted by Crippen LogP contribution is 2.26. The third kappa shape index (κ3) is 9.09. The van der Waals surface area contributed by atoms with Crippen molar-refractivity contribution < 1.29 is 40.1 Å². The highest BCUT2D eigenvalue weighted by atomic mass is 32.2. The SMILES string of the molecule is COc1ccc(C(=O)c2ccc(S(C)=O)c(S(N)(=O)=O)c2)cc1.COc1ccc(C(=O)c2ccc(SC)c(S(N)(=O)=O)c2)cc1. The lowest BCUT2D eigenvalue weighted by atomic mass is 10.0. The average molecular weight is 691 g/mol. The van der Waals surface area contributed by atoms with Crippen LogP contribution in [0.2, 0.25) is 0 Å². The number of methoxy groups -OCH3 is 2. The summed E-state index contributed by atoms with van der Waals surface area (Å²) in [6, 6.07) is 21.4. The van der Waals surface area contributed by atoms with E-state index in [0.717, 1.165) is 6.07 Å². The maximum Gasteiger partial charge on any atom is 0.239 e. The number of nitrogens with two attached hydrogens (primary N) is 2. The quantitative estimate of drug-likeness (QED) is 0.184. The fourth-order valence-corrected chi connectivity index (χ4v) is 7.61. The van der Waals surface area contributed by atoms with Crippen molar-refractivity contribution in [2.45, 2.75) is 19.6 Å². The number of ketones is 2. The lowest BCUT2D eigenvalue weighted by molar-refractivity contribution is 0.103. The minimum Gasteiger partial charge on any atom is -0.497 e. The lowest BCUT2D eigenvalue weighted by Gasteiger charge is -2.08. The van der Waals surface area contributed by atoms with Gasteiger partial charge in [-0.1, -0.05) is 0 Å². The Bertz CT molecular complexity index is 1960. The van der Waals surface area contributed by atoms with E-state index in [-0.39, 0.29) is 37.4 Å². The van der Waals surface area contributed by atoms with Crippen molar-refractivity contribution in [3.05, 3.63) is 107 Å². The van der Waals surface area contributed by atoms with Crippen LogP contribution < -0.4 is 19.8 Å². The molecule has 0 heterocycles. The second-order valence-corrected chi connectivity index (χ2v) is 14.4. The van der Waals surface area contributed by atoms with E-state index in [1.165, 1.54) is 50.4 Å².